The Morgan fingerprint density at radius 3 is 2.12 bits per heavy atom. The third kappa shape index (κ3) is 6.81. The molecule has 2 amide bonds. The lowest BCUT2D eigenvalue weighted by Gasteiger charge is -2.25. The number of aryl methyl sites for hydroxylation is 2. The van der Waals surface area contributed by atoms with Crippen molar-refractivity contribution in [3.63, 3.8) is 0 Å². The number of nitrogens with one attached hydrogen (secondary N) is 2. The quantitative estimate of drug-likeness (QED) is 0.216. The standard InChI is InChI=1S/C31H30N4O4S/c1-22-17-18-29(23(2)19-22)35(40(38,39)28-15-8-5-9-16-28)21-30(36)34-33-24(3)26-13-10-14-27(20-26)32-31(37)25-11-6-4-7-12-25/h4-20H,21H2,1-3H3,(H,32,37)(H,34,36)/b33-24-. The van der Waals surface area contributed by atoms with Crippen LogP contribution < -0.4 is 15.0 Å². The zero-order valence-electron chi connectivity index (χ0n) is 22.5. The summed E-state index contributed by atoms with van der Waals surface area (Å²) in [6, 6.07) is 29.3. The molecule has 4 rings (SSSR count). The number of hydrazone groups is 1. The number of carbonyl (C=O) groups excluding carboxylic acids is 2. The molecule has 0 aliphatic rings. The second-order valence-corrected chi connectivity index (χ2v) is 11.1. The zero-order chi connectivity index (χ0) is 28.7. The first-order chi connectivity index (χ1) is 19.1. The number of hydrogen-bond donors (Lipinski definition) is 2. The van der Waals surface area contributed by atoms with Crippen LogP contribution in [-0.2, 0) is 14.8 Å². The fourth-order valence-corrected chi connectivity index (χ4v) is 5.60. The van der Waals surface area contributed by atoms with Crippen LogP contribution in [0.25, 0.3) is 0 Å². The van der Waals surface area contributed by atoms with Crippen molar-refractivity contribution >= 4 is 38.9 Å². The Morgan fingerprint density at radius 2 is 1.45 bits per heavy atom. The second-order valence-electron chi connectivity index (χ2n) is 9.25. The molecule has 0 saturated heterocycles. The SMILES string of the molecule is C/C(=N/NC(=O)CN(c1ccc(C)cc1C)S(=O)(=O)c1ccccc1)c1cccc(NC(=O)c2ccccc2)c1. The number of carbonyl (C=O) groups is 2. The van der Waals surface area contributed by atoms with Gasteiger partial charge < -0.3 is 5.32 Å². The van der Waals surface area contributed by atoms with E-state index >= 15 is 0 Å². The van der Waals surface area contributed by atoms with Gasteiger partial charge in [0.15, 0.2) is 0 Å². The van der Waals surface area contributed by atoms with Crippen LogP contribution >= 0.6 is 0 Å². The Bertz CT molecular complexity index is 1650. The predicted octanol–water partition coefficient (Wildman–Crippen LogP) is 5.29. The highest BCUT2D eigenvalue weighted by Crippen LogP contribution is 2.27. The maximum atomic E-state index is 13.6. The van der Waals surface area contributed by atoms with Crippen LogP contribution in [0.15, 0.2) is 113 Å². The van der Waals surface area contributed by atoms with E-state index in [0.717, 1.165) is 15.4 Å². The molecule has 0 fully saturated rings. The van der Waals surface area contributed by atoms with E-state index in [2.05, 4.69) is 15.8 Å². The van der Waals surface area contributed by atoms with E-state index in [4.69, 9.17) is 0 Å². The molecule has 0 bridgehead atoms. The molecule has 0 heterocycles. The van der Waals surface area contributed by atoms with Crippen LogP contribution in [0.4, 0.5) is 11.4 Å². The van der Waals surface area contributed by atoms with Gasteiger partial charge in [-0.3, -0.25) is 13.9 Å². The molecule has 0 aliphatic heterocycles. The van der Waals surface area contributed by atoms with Gasteiger partial charge in [0.2, 0.25) is 0 Å². The molecule has 4 aromatic carbocycles. The minimum absolute atomic E-state index is 0.0804. The highest BCUT2D eigenvalue weighted by Gasteiger charge is 2.28. The topological polar surface area (TPSA) is 108 Å². The Hall–Kier alpha value is -4.76. The molecule has 40 heavy (non-hydrogen) atoms. The first-order valence-corrected chi connectivity index (χ1v) is 14.0. The minimum Gasteiger partial charge on any atom is -0.322 e. The number of benzene rings is 4. The smallest absolute Gasteiger partial charge is 0.264 e. The average Bonchev–Trinajstić information content (AvgIpc) is 2.96. The monoisotopic (exact) mass is 554 g/mol. The number of anilines is 2. The molecular formula is C31H30N4O4S. The maximum Gasteiger partial charge on any atom is 0.264 e. The lowest BCUT2D eigenvalue weighted by atomic mass is 10.1. The van der Waals surface area contributed by atoms with Gasteiger partial charge in [-0.2, -0.15) is 5.10 Å². The van der Waals surface area contributed by atoms with Crippen molar-refractivity contribution in [1.82, 2.24) is 5.43 Å². The summed E-state index contributed by atoms with van der Waals surface area (Å²) in [5, 5.41) is 7.04. The predicted molar refractivity (Wildman–Crippen MR) is 158 cm³/mol. The van der Waals surface area contributed by atoms with Gasteiger partial charge in [0.1, 0.15) is 6.54 Å². The summed E-state index contributed by atoms with van der Waals surface area (Å²) < 4.78 is 28.2. The van der Waals surface area contributed by atoms with E-state index in [0.29, 0.717) is 28.2 Å². The highest BCUT2D eigenvalue weighted by molar-refractivity contribution is 7.92. The molecule has 4 aromatic rings. The van der Waals surface area contributed by atoms with Gasteiger partial charge in [-0.15, -0.1) is 0 Å². The van der Waals surface area contributed by atoms with E-state index in [9.17, 15) is 18.0 Å². The van der Waals surface area contributed by atoms with Crippen molar-refractivity contribution in [3.8, 4) is 0 Å². The van der Waals surface area contributed by atoms with Crippen LogP contribution in [0.5, 0.6) is 0 Å². The van der Waals surface area contributed by atoms with Crippen LogP contribution in [0, 0.1) is 13.8 Å². The number of amides is 2. The van der Waals surface area contributed by atoms with E-state index in [-0.39, 0.29) is 10.8 Å². The Balaban J connectivity index is 1.52. The summed E-state index contributed by atoms with van der Waals surface area (Å²) in [5.41, 5.74) is 6.85. The van der Waals surface area contributed by atoms with Crippen LogP contribution in [0.3, 0.4) is 0 Å². The molecule has 204 valence electrons. The van der Waals surface area contributed by atoms with E-state index in [1.54, 1.807) is 92.7 Å². The molecule has 0 unspecified atom stereocenters. The summed E-state index contributed by atoms with van der Waals surface area (Å²) in [6.07, 6.45) is 0. The average molecular weight is 555 g/mol. The van der Waals surface area contributed by atoms with Gasteiger partial charge in [0, 0.05) is 11.3 Å². The summed E-state index contributed by atoms with van der Waals surface area (Å²) >= 11 is 0. The van der Waals surface area contributed by atoms with Gasteiger partial charge >= 0.3 is 0 Å². The Labute approximate surface area is 234 Å². The first-order valence-electron chi connectivity index (χ1n) is 12.6. The van der Waals surface area contributed by atoms with Crippen LogP contribution in [0.2, 0.25) is 0 Å². The molecule has 0 saturated carbocycles. The summed E-state index contributed by atoms with van der Waals surface area (Å²) in [6.45, 7) is 4.96. The van der Waals surface area contributed by atoms with Gasteiger partial charge in [-0.25, -0.2) is 13.8 Å². The van der Waals surface area contributed by atoms with Crippen molar-refractivity contribution in [2.24, 2.45) is 5.10 Å². The fourth-order valence-electron chi connectivity index (χ4n) is 4.10. The largest absolute Gasteiger partial charge is 0.322 e. The summed E-state index contributed by atoms with van der Waals surface area (Å²) in [7, 11) is -4.03. The molecular weight excluding hydrogens is 524 g/mol. The number of nitrogens with zero attached hydrogens (tertiary/aromatic N) is 2. The highest BCUT2D eigenvalue weighted by atomic mass is 32.2. The third-order valence-corrected chi connectivity index (χ3v) is 7.94. The molecule has 2 N–H and O–H groups in total. The number of rotatable bonds is 9. The number of sulfonamides is 1. The zero-order valence-corrected chi connectivity index (χ0v) is 23.3. The molecule has 9 heteroatoms. The molecule has 0 atom stereocenters. The van der Waals surface area contributed by atoms with E-state index in [1.807, 2.05) is 19.1 Å². The van der Waals surface area contributed by atoms with Crippen molar-refractivity contribution < 1.29 is 18.0 Å². The minimum atomic E-state index is -4.03. The third-order valence-electron chi connectivity index (χ3n) is 6.16. The summed E-state index contributed by atoms with van der Waals surface area (Å²) in [5.74, 6) is -0.848. The normalized spacial score (nSPS) is 11.5. The molecule has 0 spiro atoms. The first kappa shape index (κ1) is 28.3. The van der Waals surface area contributed by atoms with Gasteiger partial charge in [0.25, 0.3) is 21.8 Å². The van der Waals surface area contributed by atoms with Gasteiger partial charge in [-0.05, 0) is 74.4 Å². The molecule has 0 aromatic heterocycles. The van der Waals surface area contributed by atoms with Gasteiger partial charge in [-0.1, -0.05) is 66.2 Å². The molecule has 0 aliphatic carbocycles. The van der Waals surface area contributed by atoms with Crippen molar-refractivity contribution in [2.75, 3.05) is 16.2 Å². The van der Waals surface area contributed by atoms with Gasteiger partial charge in [0.05, 0.1) is 16.3 Å². The lowest BCUT2D eigenvalue weighted by Crippen LogP contribution is -2.40. The van der Waals surface area contributed by atoms with E-state index in [1.165, 1.54) is 12.1 Å². The maximum absolute atomic E-state index is 13.6. The van der Waals surface area contributed by atoms with Crippen molar-refractivity contribution in [1.29, 1.82) is 0 Å². The Kier molecular flexibility index (Phi) is 8.76. The van der Waals surface area contributed by atoms with Crippen molar-refractivity contribution in [2.45, 2.75) is 25.7 Å². The molecule has 0 radical (unpaired) electrons. The van der Waals surface area contributed by atoms with Crippen LogP contribution in [-0.4, -0.2) is 32.5 Å². The van der Waals surface area contributed by atoms with E-state index < -0.39 is 22.5 Å². The molecule has 8 nitrogen and oxygen atoms in total. The second kappa shape index (κ2) is 12.4. The number of hydrogen-bond acceptors (Lipinski definition) is 5. The lowest BCUT2D eigenvalue weighted by molar-refractivity contribution is -0.119. The Morgan fingerprint density at radius 1 is 0.800 bits per heavy atom. The van der Waals surface area contributed by atoms with Crippen LogP contribution in [0.1, 0.15) is 34.0 Å². The van der Waals surface area contributed by atoms with Crippen molar-refractivity contribution in [3.05, 3.63) is 125 Å². The summed E-state index contributed by atoms with van der Waals surface area (Å²) in [4.78, 5) is 25.6. The fraction of sp³-hybridized carbons (Fsp3) is 0.129.